The zero-order chi connectivity index (χ0) is 34.9. The minimum absolute atomic E-state index is 0.0339. The molecule has 260 valence electrons. The van der Waals surface area contributed by atoms with E-state index in [1.807, 2.05) is 60.4 Å². The average Bonchev–Trinajstić information content (AvgIpc) is 3.77. The molecular weight excluding hydrogens is 630 g/mol. The maximum Gasteiger partial charge on any atom is 0.236 e. The third-order valence-corrected chi connectivity index (χ3v) is 9.73. The van der Waals surface area contributed by atoms with Gasteiger partial charge in [0, 0.05) is 87.4 Å². The number of aliphatic imine (C=N–C) groups is 1. The molecule has 4 aromatic rings. The first-order valence-electron chi connectivity index (χ1n) is 17.1. The van der Waals surface area contributed by atoms with Gasteiger partial charge in [0.1, 0.15) is 0 Å². The Morgan fingerprint density at radius 3 is 2.58 bits per heavy atom. The molecule has 1 atom stereocenters. The van der Waals surface area contributed by atoms with Crippen molar-refractivity contribution in [3.8, 4) is 11.4 Å². The van der Waals surface area contributed by atoms with Gasteiger partial charge in [-0.3, -0.25) is 24.6 Å². The number of H-pyrrole nitrogens is 1. The highest BCUT2D eigenvalue weighted by molar-refractivity contribution is 6.00. The van der Waals surface area contributed by atoms with E-state index in [2.05, 4.69) is 59.1 Å². The van der Waals surface area contributed by atoms with Gasteiger partial charge in [0.2, 0.25) is 11.8 Å². The van der Waals surface area contributed by atoms with E-state index in [-0.39, 0.29) is 11.8 Å². The molecule has 6 rings (SSSR count). The molecular formula is C38H45N9O3. The van der Waals surface area contributed by atoms with Crippen molar-refractivity contribution >= 4 is 46.4 Å². The molecule has 2 fully saturated rings. The molecule has 2 aromatic heterocycles. The van der Waals surface area contributed by atoms with Crippen molar-refractivity contribution in [2.75, 3.05) is 69.7 Å². The van der Waals surface area contributed by atoms with E-state index in [9.17, 15) is 9.59 Å². The van der Waals surface area contributed by atoms with Crippen molar-refractivity contribution in [2.24, 2.45) is 10.4 Å². The molecule has 0 saturated carbocycles. The number of aromatic amines is 1. The largest absolute Gasteiger partial charge is 0.385 e. The van der Waals surface area contributed by atoms with Gasteiger partial charge in [0.05, 0.1) is 23.2 Å². The number of piperazine rings is 1. The van der Waals surface area contributed by atoms with Gasteiger partial charge in [0.25, 0.3) is 0 Å². The number of anilines is 2. The summed E-state index contributed by atoms with van der Waals surface area (Å²) in [7, 11) is 1.68. The number of ether oxygens (including phenoxy) is 1. The summed E-state index contributed by atoms with van der Waals surface area (Å²) >= 11 is 0. The number of amides is 2. The number of aromatic nitrogens is 4. The molecule has 12 nitrogen and oxygen atoms in total. The Labute approximate surface area is 292 Å². The highest BCUT2D eigenvalue weighted by Crippen LogP contribution is 2.37. The molecule has 0 radical (unpaired) electrons. The molecule has 4 heterocycles. The van der Waals surface area contributed by atoms with E-state index < -0.39 is 5.41 Å². The number of hydrogen-bond acceptors (Lipinski definition) is 9. The van der Waals surface area contributed by atoms with Crippen molar-refractivity contribution < 1.29 is 14.3 Å². The number of likely N-dealkylation sites (tertiary alicyclic amines) is 1. The van der Waals surface area contributed by atoms with Crippen LogP contribution in [0.3, 0.4) is 0 Å². The van der Waals surface area contributed by atoms with Crippen molar-refractivity contribution in [1.82, 2.24) is 30.0 Å². The zero-order valence-electron chi connectivity index (χ0n) is 28.8. The standard InChI is InChI=1S/C38H45N9O3/c1-4-28(13-18-39-2)35-32-25-30(9-12-33(32)43-44-35)42-37(49)38(14-5-24-50-3)15-19-45(27-38)26-34(48)47-22-20-46(21-23-47)31-10-7-29(8-11-31)36-40-16-6-17-41-36/h4,6-13,16-18,25H,2,5,14-15,19-24,26-27H2,1,3H3,(H,42,49)(H,43,44)/b18-13-,28-4+. The quantitative estimate of drug-likeness (QED) is 0.115. The molecule has 2 amide bonds. The highest BCUT2D eigenvalue weighted by Gasteiger charge is 2.44. The van der Waals surface area contributed by atoms with Crippen LogP contribution < -0.4 is 10.2 Å². The molecule has 0 bridgehead atoms. The molecule has 0 spiro atoms. The number of allylic oxidation sites excluding steroid dienone is 3. The predicted octanol–water partition coefficient (Wildman–Crippen LogP) is 5.04. The van der Waals surface area contributed by atoms with Crippen LogP contribution in [-0.2, 0) is 14.3 Å². The number of nitrogens with one attached hydrogen (secondary N) is 2. The maximum absolute atomic E-state index is 14.1. The van der Waals surface area contributed by atoms with Crippen LogP contribution in [0.2, 0.25) is 0 Å². The van der Waals surface area contributed by atoms with Crippen LogP contribution in [-0.4, -0.2) is 108 Å². The van der Waals surface area contributed by atoms with Gasteiger partial charge in [-0.15, -0.1) is 0 Å². The Balaban J connectivity index is 1.07. The number of benzene rings is 2. The first-order chi connectivity index (χ1) is 24.4. The monoisotopic (exact) mass is 675 g/mol. The zero-order valence-corrected chi connectivity index (χ0v) is 28.8. The summed E-state index contributed by atoms with van der Waals surface area (Å²) in [5, 5.41) is 11.7. The van der Waals surface area contributed by atoms with Crippen molar-refractivity contribution in [3.05, 3.63) is 85.0 Å². The molecule has 2 aliphatic heterocycles. The van der Waals surface area contributed by atoms with Gasteiger partial charge in [-0.2, -0.15) is 5.10 Å². The summed E-state index contributed by atoms with van der Waals surface area (Å²) in [6, 6.07) is 15.8. The number of fused-ring (bicyclic) bond motifs is 1. The van der Waals surface area contributed by atoms with Crippen molar-refractivity contribution in [1.29, 1.82) is 0 Å². The lowest BCUT2D eigenvalue weighted by Gasteiger charge is -2.37. The predicted molar refractivity (Wildman–Crippen MR) is 198 cm³/mol. The van der Waals surface area contributed by atoms with Crippen molar-refractivity contribution in [2.45, 2.75) is 26.2 Å². The van der Waals surface area contributed by atoms with Gasteiger partial charge in [-0.05, 0) is 99.6 Å². The lowest BCUT2D eigenvalue weighted by Crippen LogP contribution is -2.51. The summed E-state index contributed by atoms with van der Waals surface area (Å²) in [6.45, 7) is 10.4. The number of carbonyl (C=O) groups is 2. The second-order valence-electron chi connectivity index (χ2n) is 12.9. The normalized spacial score (nSPS) is 18.6. The van der Waals surface area contributed by atoms with Crippen LogP contribution in [0.4, 0.5) is 11.4 Å². The Kier molecular flexibility index (Phi) is 11.1. The van der Waals surface area contributed by atoms with E-state index in [1.54, 1.807) is 25.7 Å². The molecule has 12 heteroatoms. The van der Waals surface area contributed by atoms with Crippen molar-refractivity contribution in [3.63, 3.8) is 0 Å². The minimum atomic E-state index is -0.629. The fourth-order valence-corrected chi connectivity index (χ4v) is 6.95. The highest BCUT2D eigenvalue weighted by atomic mass is 16.5. The van der Waals surface area contributed by atoms with E-state index in [1.165, 1.54) is 0 Å². The van der Waals surface area contributed by atoms with Gasteiger partial charge in [0.15, 0.2) is 5.82 Å². The Bertz CT molecular complexity index is 1850. The second-order valence-corrected chi connectivity index (χ2v) is 12.9. The summed E-state index contributed by atoms with van der Waals surface area (Å²) in [4.78, 5) is 46.5. The molecule has 2 aliphatic rings. The summed E-state index contributed by atoms with van der Waals surface area (Å²) in [5.41, 5.74) is 4.71. The molecule has 1 unspecified atom stereocenters. The van der Waals surface area contributed by atoms with Crippen LogP contribution in [0.15, 0.2) is 84.3 Å². The number of rotatable bonds is 13. The van der Waals surface area contributed by atoms with Gasteiger partial charge in [-0.1, -0.05) is 6.08 Å². The topological polar surface area (TPSA) is 132 Å². The Morgan fingerprint density at radius 2 is 1.86 bits per heavy atom. The van der Waals surface area contributed by atoms with E-state index >= 15 is 0 Å². The number of nitrogens with zero attached hydrogens (tertiary/aromatic N) is 7. The Hall–Kier alpha value is -5.20. The van der Waals surface area contributed by atoms with Gasteiger partial charge in [-0.25, -0.2) is 9.97 Å². The second kappa shape index (κ2) is 16.0. The maximum atomic E-state index is 14.1. The number of methoxy groups -OCH3 is 1. The third kappa shape index (κ3) is 7.82. The summed E-state index contributed by atoms with van der Waals surface area (Å²) in [6.07, 6.45) is 11.0. The number of carbonyl (C=O) groups excluding carboxylic acids is 2. The van der Waals surface area contributed by atoms with Gasteiger partial charge >= 0.3 is 0 Å². The SMILES string of the molecule is C=N/C=C\C(=C/C)c1n[nH]c2ccc(NC(=O)C3(CCCOC)CCN(CC(=O)N4CCN(c5ccc(-c6ncccn6)cc5)CC4)C3)cc12. The fourth-order valence-electron chi connectivity index (χ4n) is 6.95. The van der Waals surface area contributed by atoms with Crippen LogP contribution in [0, 0.1) is 5.41 Å². The van der Waals surface area contributed by atoms with E-state index in [0.717, 1.165) is 52.9 Å². The molecule has 2 N–H and O–H groups in total. The van der Waals surface area contributed by atoms with Gasteiger partial charge < -0.3 is 19.9 Å². The summed E-state index contributed by atoms with van der Waals surface area (Å²) < 4.78 is 5.35. The lowest BCUT2D eigenvalue weighted by molar-refractivity contribution is -0.133. The molecule has 2 saturated heterocycles. The van der Waals surface area contributed by atoms with E-state index in [0.29, 0.717) is 63.7 Å². The van der Waals surface area contributed by atoms with Crippen LogP contribution >= 0.6 is 0 Å². The molecule has 2 aromatic carbocycles. The average molecular weight is 676 g/mol. The Morgan fingerprint density at radius 1 is 1.08 bits per heavy atom. The van der Waals surface area contributed by atoms with E-state index in [4.69, 9.17) is 4.74 Å². The third-order valence-electron chi connectivity index (χ3n) is 9.73. The van der Waals surface area contributed by atoms with Crippen LogP contribution in [0.1, 0.15) is 31.9 Å². The van der Waals surface area contributed by atoms with Crippen LogP contribution in [0.25, 0.3) is 27.9 Å². The smallest absolute Gasteiger partial charge is 0.236 e. The first-order valence-corrected chi connectivity index (χ1v) is 17.1. The molecule has 50 heavy (non-hydrogen) atoms. The summed E-state index contributed by atoms with van der Waals surface area (Å²) in [5.74, 6) is 0.775. The fraction of sp³-hybridized carbons (Fsp3) is 0.368. The number of hydrogen-bond donors (Lipinski definition) is 2. The van der Waals surface area contributed by atoms with Crippen LogP contribution in [0.5, 0.6) is 0 Å². The minimum Gasteiger partial charge on any atom is -0.385 e. The first kappa shape index (κ1) is 34.7. The lowest BCUT2D eigenvalue weighted by atomic mass is 9.81. The molecule has 0 aliphatic carbocycles.